The number of anilines is 1. The van der Waals surface area contributed by atoms with Crippen molar-refractivity contribution < 1.29 is 0 Å². The van der Waals surface area contributed by atoms with E-state index in [9.17, 15) is 0 Å². The lowest BCUT2D eigenvalue weighted by Gasteiger charge is -2.29. The molecule has 1 N–H and O–H groups in total. The van der Waals surface area contributed by atoms with Crippen LogP contribution < -0.4 is 10.4 Å². The highest BCUT2D eigenvalue weighted by Crippen LogP contribution is 2.20. The van der Waals surface area contributed by atoms with Crippen LogP contribution in [0.3, 0.4) is 0 Å². The van der Waals surface area contributed by atoms with Crippen molar-refractivity contribution in [3.05, 3.63) is 78.0 Å². The Hall–Kier alpha value is -2.22. The number of nitrogens with one attached hydrogen (secondary N) is 1. The first-order valence-electron chi connectivity index (χ1n) is 7.74. The lowest BCUT2D eigenvalue weighted by Crippen LogP contribution is -2.37. The molecule has 0 bridgehead atoms. The van der Waals surface area contributed by atoms with Crippen LogP contribution >= 0.6 is 0 Å². The summed E-state index contributed by atoms with van der Waals surface area (Å²) in [6.07, 6.45) is 7.28. The fraction of sp³-hybridized carbons (Fsp3) is 0.263. The number of benzene rings is 2. The van der Waals surface area contributed by atoms with E-state index in [1.807, 2.05) is 0 Å². The number of hydrazine groups is 1. The Kier molecular flexibility index (Phi) is 4.57. The van der Waals surface area contributed by atoms with E-state index >= 15 is 0 Å². The normalized spacial score (nSPS) is 14.4. The number of hydrogen-bond acceptors (Lipinski definition) is 2. The van der Waals surface area contributed by atoms with Crippen LogP contribution in [0.2, 0.25) is 0 Å². The molecule has 0 aromatic heterocycles. The Bertz CT molecular complexity index is 575. The van der Waals surface area contributed by atoms with Gasteiger partial charge in [0.05, 0.1) is 12.2 Å². The highest BCUT2D eigenvalue weighted by atomic mass is 15.5. The van der Waals surface area contributed by atoms with Gasteiger partial charge in [0.15, 0.2) is 0 Å². The molecule has 21 heavy (non-hydrogen) atoms. The van der Waals surface area contributed by atoms with Gasteiger partial charge in [-0.05, 0) is 43.4 Å². The zero-order chi connectivity index (χ0) is 14.3. The van der Waals surface area contributed by atoms with E-state index in [0.29, 0.717) is 0 Å². The average Bonchev–Trinajstić information content (AvgIpc) is 2.57. The maximum Gasteiger partial charge on any atom is 0.0644 e. The summed E-state index contributed by atoms with van der Waals surface area (Å²) in [6.45, 7) is 0.863. The van der Waals surface area contributed by atoms with Crippen molar-refractivity contribution in [1.29, 1.82) is 0 Å². The fourth-order valence-corrected chi connectivity index (χ4v) is 2.68. The van der Waals surface area contributed by atoms with Gasteiger partial charge in [-0.15, -0.1) is 0 Å². The summed E-state index contributed by atoms with van der Waals surface area (Å²) in [5, 5.41) is 2.24. The van der Waals surface area contributed by atoms with Gasteiger partial charge in [0.1, 0.15) is 0 Å². The third-order valence-electron chi connectivity index (χ3n) is 3.82. The van der Waals surface area contributed by atoms with Crippen LogP contribution in [0.25, 0.3) is 0 Å². The van der Waals surface area contributed by atoms with Crippen molar-refractivity contribution >= 4 is 5.69 Å². The molecule has 1 aliphatic carbocycles. The van der Waals surface area contributed by atoms with Gasteiger partial charge in [-0.3, -0.25) is 5.01 Å². The van der Waals surface area contributed by atoms with Crippen LogP contribution in [0.4, 0.5) is 5.69 Å². The molecule has 2 nitrogen and oxygen atoms in total. The van der Waals surface area contributed by atoms with Crippen molar-refractivity contribution in [1.82, 2.24) is 5.43 Å². The maximum absolute atomic E-state index is 3.62. The summed E-state index contributed by atoms with van der Waals surface area (Å²) in [4.78, 5) is 0. The third kappa shape index (κ3) is 3.88. The van der Waals surface area contributed by atoms with Crippen molar-refractivity contribution in [2.45, 2.75) is 32.2 Å². The van der Waals surface area contributed by atoms with Crippen LogP contribution in [0, 0.1) is 0 Å². The summed E-state index contributed by atoms with van der Waals surface area (Å²) in [5.41, 5.74) is 7.48. The molecule has 2 aromatic rings. The van der Waals surface area contributed by atoms with Crippen LogP contribution in [0.15, 0.2) is 72.4 Å². The molecule has 2 heteroatoms. The summed E-state index contributed by atoms with van der Waals surface area (Å²) >= 11 is 0. The van der Waals surface area contributed by atoms with E-state index in [2.05, 4.69) is 77.2 Å². The zero-order valence-corrected chi connectivity index (χ0v) is 12.3. The van der Waals surface area contributed by atoms with E-state index in [1.165, 1.54) is 36.2 Å². The molecule has 2 aromatic carbocycles. The summed E-state index contributed by atoms with van der Waals surface area (Å²) in [7, 11) is 0. The minimum atomic E-state index is 0.863. The molecule has 0 heterocycles. The van der Waals surface area contributed by atoms with E-state index in [-0.39, 0.29) is 0 Å². The standard InChI is InChI=1S/C19H22N2/c1-4-10-17(11-5-1)16-21(19-14-8-3-9-15-19)20-18-12-6-2-7-13-18/h1,3-5,8-12,14-15,20H,2,6-7,13,16H2. The van der Waals surface area contributed by atoms with Gasteiger partial charge in [-0.25, -0.2) is 0 Å². The Balaban J connectivity index is 1.79. The Morgan fingerprint density at radius 1 is 0.857 bits per heavy atom. The average molecular weight is 278 g/mol. The second-order valence-electron chi connectivity index (χ2n) is 5.49. The highest BCUT2D eigenvalue weighted by Gasteiger charge is 2.10. The SMILES string of the molecule is C1=C(NN(Cc2ccccc2)c2ccccc2)CCCC1. The number of rotatable bonds is 5. The molecule has 0 spiro atoms. The topological polar surface area (TPSA) is 15.3 Å². The van der Waals surface area contributed by atoms with Gasteiger partial charge in [-0.2, -0.15) is 0 Å². The van der Waals surface area contributed by atoms with Gasteiger partial charge in [-0.1, -0.05) is 54.6 Å². The minimum absolute atomic E-state index is 0.863. The summed E-state index contributed by atoms with van der Waals surface area (Å²) < 4.78 is 0. The van der Waals surface area contributed by atoms with Crippen LogP contribution in [0.1, 0.15) is 31.2 Å². The molecular weight excluding hydrogens is 256 g/mol. The molecule has 0 radical (unpaired) electrons. The first kappa shape index (κ1) is 13.7. The van der Waals surface area contributed by atoms with Crippen LogP contribution in [-0.2, 0) is 6.54 Å². The second-order valence-corrected chi connectivity index (χ2v) is 5.49. The Morgan fingerprint density at radius 2 is 1.57 bits per heavy atom. The van der Waals surface area contributed by atoms with Crippen molar-refractivity contribution in [2.24, 2.45) is 0 Å². The van der Waals surface area contributed by atoms with E-state index in [0.717, 1.165) is 13.0 Å². The van der Waals surface area contributed by atoms with Crippen molar-refractivity contribution in [3.8, 4) is 0 Å². The molecule has 3 rings (SSSR count). The molecule has 0 fully saturated rings. The van der Waals surface area contributed by atoms with Crippen LogP contribution in [0.5, 0.6) is 0 Å². The summed E-state index contributed by atoms with van der Waals surface area (Å²) in [5.74, 6) is 0. The van der Waals surface area contributed by atoms with Gasteiger partial charge in [0.2, 0.25) is 0 Å². The zero-order valence-electron chi connectivity index (χ0n) is 12.3. The second kappa shape index (κ2) is 6.98. The van der Waals surface area contributed by atoms with Crippen LogP contribution in [-0.4, -0.2) is 0 Å². The monoisotopic (exact) mass is 278 g/mol. The Labute approximate surface area is 127 Å². The first-order valence-corrected chi connectivity index (χ1v) is 7.74. The summed E-state index contributed by atoms with van der Waals surface area (Å²) in [6, 6.07) is 21.1. The molecule has 0 saturated heterocycles. The predicted octanol–water partition coefficient (Wildman–Crippen LogP) is 4.66. The molecular formula is C19H22N2. The number of hydrogen-bond donors (Lipinski definition) is 1. The van der Waals surface area contributed by atoms with Gasteiger partial charge >= 0.3 is 0 Å². The number of nitrogens with zero attached hydrogens (tertiary/aromatic N) is 1. The smallest absolute Gasteiger partial charge is 0.0644 e. The number of allylic oxidation sites excluding steroid dienone is 2. The third-order valence-corrected chi connectivity index (χ3v) is 3.82. The molecule has 0 unspecified atom stereocenters. The lowest BCUT2D eigenvalue weighted by molar-refractivity contribution is 0.609. The quantitative estimate of drug-likeness (QED) is 0.800. The van der Waals surface area contributed by atoms with Crippen molar-refractivity contribution in [2.75, 3.05) is 5.01 Å². The van der Waals surface area contributed by atoms with E-state index < -0.39 is 0 Å². The molecule has 0 saturated carbocycles. The minimum Gasteiger partial charge on any atom is -0.303 e. The van der Waals surface area contributed by atoms with E-state index in [1.54, 1.807) is 0 Å². The molecule has 1 aliphatic rings. The van der Waals surface area contributed by atoms with Gasteiger partial charge in [0.25, 0.3) is 0 Å². The molecule has 108 valence electrons. The lowest BCUT2D eigenvalue weighted by atomic mass is 10.1. The highest BCUT2D eigenvalue weighted by molar-refractivity contribution is 5.46. The first-order chi connectivity index (χ1) is 10.4. The number of para-hydroxylation sites is 1. The maximum atomic E-state index is 3.62. The molecule has 0 amide bonds. The van der Waals surface area contributed by atoms with Crippen molar-refractivity contribution in [3.63, 3.8) is 0 Å². The Morgan fingerprint density at radius 3 is 2.24 bits per heavy atom. The largest absolute Gasteiger partial charge is 0.303 e. The molecule has 0 aliphatic heterocycles. The molecule has 0 atom stereocenters. The predicted molar refractivity (Wildman–Crippen MR) is 88.8 cm³/mol. The van der Waals surface area contributed by atoms with Gasteiger partial charge in [0, 0.05) is 5.70 Å². The van der Waals surface area contributed by atoms with E-state index in [4.69, 9.17) is 0 Å². The fourth-order valence-electron chi connectivity index (χ4n) is 2.68. The van der Waals surface area contributed by atoms with Gasteiger partial charge < -0.3 is 5.43 Å².